The van der Waals surface area contributed by atoms with Crippen molar-refractivity contribution in [2.24, 2.45) is 0 Å². The van der Waals surface area contributed by atoms with E-state index >= 15 is 0 Å². The predicted octanol–water partition coefficient (Wildman–Crippen LogP) is 4.22. The van der Waals surface area contributed by atoms with E-state index in [0.29, 0.717) is 0 Å². The number of carbonyl (C=O) groups is 1. The number of esters is 1. The van der Waals surface area contributed by atoms with Gasteiger partial charge in [0, 0.05) is 38.3 Å². The second kappa shape index (κ2) is 7.40. The first-order chi connectivity index (χ1) is 12.7. The molecule has 0 unspecified atom stereocenters. The van der Waals surface area contributed by atoms with Crippen LogP contribution >= 0.6 is 11.3 Å². The molecule has 4 rings (SSSR count). The molecular formula is C21H20N2O2S. The van der Waals surface area contributed by atoms with Crippen LogP contribution in [0.15, 0.2) is 60.8 Å². The molecule has 0 spiro atoms. The van der Waals surface area contributed by atoms with Crippen molar-refractivity contribution in [3.63, 3.8) is 0 Å². The van der Waals surface area contributed by atoms with Gasteiger partial charge in [0.1, 0.15) is 11.1 Å². The van der Waals surface area contributed by atoms with Gasteiger partial charge < -0.3 is 4.74 Å². The van der Waals surface area contributed by atoms with Gasteiger partial charge in [-0.3, -0.25) is 9.69 Å². The van der Waals surface area contributed by atoms with E-state index in [1.807, 2.05) is 24.4 Å². The summed E-state index contributed by atoms with van der Waals surface area (Å²) in [5.74, 6) is -0.197. The monoisotopic (exact) mass is 364 g/mol. The highest BCUT2D eigenvalue weighted by Gasteiger charge is 2.28. The number of aromatic nitrogens is 1. The highest BCUT2D eigenvalue weighted by Crippen LogP contribution is 2.32. The highest BCUT2D eigenvalue weighted by atomic mass is 32.1. The Morgan fingerprint density at radius 1 is 1.12 bits per heavy atom. The molecule has 132 valence electrons. The molecule has 0 saturated carbocycles. The quantitative estimate of drug-likeness (QED) is 0.636. The first-order valence-corrected chi connectivity index (χ1v) is 9.49. The Balaban J connectivity index is 1.38. The number of benzene rings is 2. The molecule has 26 heavy (non-hydrogen) atoms. The minimum Gasteiger partial charge on any atom is -0.460 e. The number of rotatable bonds is 5. The number of likely N-dealkylation sites (tertiary alicyclic amines) is 1. The molecule has 0 amide bonds. The second-order valence-electron chi connectivity index (χ2n) is 6.52. The Morgan fingerprint density at radius 3 is 2.54 bits per heavy atom. The van der Waals surface area contributed by atoms with Crippen LogP contribution in [0.2, 0.25) is 0 Å². The summed E-state index contributed by atoms with van der Waals surface area (Å²) < 4.78 is 5.18. The van der Waals surface area contributed by atoms with E-state index < -0.39 is 0 Å². The van der Waals surface area contributed by atoms with Gasteiger partial charge in [-0.2, -0.15) is 0 Å². The minimum atomic E-state index is -0.197. The van der Waals surface area contributed by atoms with Gasteiger partial charge in [0.25, 0.3) is 0 Å². The van der Waals surface area contributed by atoms with Gasteiger partial charge in [-0.25, -0.2) is 4.98 Å². The molecule has 2 heterocycles. The Morgan fingerprint density at radius 2 is 1.85 bits per heavy atom. The maximum Gasteiger partial charge on any atom is 0.302 e. The van der Waals surface area contributed by atoms with Crippen molar-refractivity contribution in [2.75, 3.05) is 13.1 Å². The zero-order valence-electron chi connectivity index (χ0n) is 14.6. The normalized spacial score (nSPS) is 14.8. The number of nitrogens with zero attached hydrogens (tertiary/aromatic N) is 2. The van der Waals surface area contributed by atoms with E-state index in [0.717, 1.165) is 30.2 Å². The van der Waals surface area contributed by atoms with E-state index in [9.17, 15) is 4.79 Å². The van der Waals surface area contributed by atoms with Crippen molar-refractivity contribution in [1.29, 1.82) is 0 Å². The lowest BCUT2D eigenvalue weighted by molar-refractivity contribution is -0.155. The number of carbonyl (C=O) groups excluding carboxylic acids is 1. The molecule has 1 saturated heterocycles. The number of ether oxygens (including phenoxy) is 1. The van der Waals surface area contributed by atoms with Crippen LogP contribution in [-0.2, 0) is 16.1 Å². The van der Waals surface area contributed by atoms with Gasteiger partial charge >= 0.3 is 5.97 Å². The van der Waals surface area contributed by atoms with Gasteiger partial charge in [-0.05, 0) is 11.1 Å². The van der Waals surface area contributed by atoms with Crippen molar-refractivity contribution in [1.82, 2.24) is 9.88 Å². The first-order valence-electron chi connectivity index (χ1n) is 8.67. The van der Waals surface area contributed by atoms with Crippen LogP contribution in [0.5, 0.6) is 0 Å². The van der Waals surface area contributed by atoms with Gasteiger partial charge in [-0.15, -0.1) is 11.3 Å². The van der Waals surface area contributed by atoms with Crippen LogP contribution in [0.4, 0.5) is 0 Å². The molecule has 0 bridgehead atoms. The Bertz CT molecular complexity index is 884. The average molecular weight is 364 g/mol. The van der Waals surface area contributed by atoms with Crippen LogP contribution in [-0.4, -0.2) is 35.0 Å². The zero-order chi connectivity index (χ0) is 17.9. The summed E-state index contributed by atoms with van der Waals surface area (Å²) >= 11 is 1.71. The van der Waals surface area contributed by atoms with E-state index in [-0.39, 0.29) is 12.1 Å². The summed E-state index contributed by atoms with van der Waals surface area (Å²) in [6.07, 6.45) is 2.00. The number of hydrogen-bond donors (Lipinski definition) is 0. The molecule has 1 aromatic heterocycles. The molecular weight excluding hydrogens is 344 g/mol. The molecule has 1 aliphatic heterocycles. The summed E-state index contributed by atoms with van der Waals surface area (Å²) in [6.45, 7) is 3.97. The summed E-state index contributed by atoms with van der Waals surface area (Å²) in [7, 11) is 0. The smallest absolute Gasteiger partial charge is 0.302 e. The van der Waals surface area contributed by atoms with Crippen molar-refractivity contribution < 1.29 is 9.53 Å². The topological polar surface area (TPSA) is 42.4 Å². The minimum absolute atomic E-state index is 0.0542. The molecule has 2 aromatic carbocycles. The van der Waals surface area contributed by atoms with E-state index in [4.69, 9.17) is 4.74 Å². The van der Waals surface area contributed by atoms with Crippen molar-refractivity contribution in [2.45, 2.75) is 19.6 Å². The molecule has 1 aliphatic rings. The fourth-order valence-corrected chi connectivity index (χ4v) is 4.04. The third kappa shape index (κ3) is 3.84. The van der Waals surface area contributed by atoms with Crippen molar-refractivity contribution >= 4 is 17.3 Å². The van der Waals surface area contributed by atoms with Crippen LogP contribution in [0, 0.1) is 0 Å². The number of thiazole rings is 1. The predicted molar refractivity (Wildman–Crippen MR) is 104 cm³/mol. The third-order valence-corrected chi connectivity index (χ3v) is 5.52. The Hall–Kier alpha value is -2.50. The van der Waals surface area contributed by atoms with Crippen LogP contribution in [0.25, 0.3) is 21.0 Å². The molecule has 4 nitrogen and oxygen atoms in total. The summed E-state index contributed by atoms with van der Waals surface area (Å²) in [4.78, 5) is 19.0. The molecule has 5 heteroatoms. The summed E-state index contributed by atoms with van der Waals surface area (Å²) in [6, 6.07) is 18.9. The molecule has 0 atom stereocenters. The molecule has 3 aromatic rings. The van der Waals surface area contributed by atoms with Crippen LogP contribution in [0.1, 0.15) is 12.5 Å². The lowest BCUT2D eigenvalue weighted by Gasteiger charge is -2.38. The molecule has 0 N–H and O–H groups in total. The second-order valence-corrected chi connectivity index (χ2v) is 7.55. The summed E-state index contributed by atoms with van der Waals surface area (Å²) in [5, 5.41) is 1.04. The van der Waals surface area contributed by atoms with Crippen molar-refractivity contribution in [3.05, 3.63) is 66.4 Å². The fraction of sp³-hybridized carbons (Fsp3) is 0.238. The molecule has 1 fully saturated rings. The molecule has 0 radical (unpaired) electrons. The van der Waals surface area contributed by atoms with Gasteiger partial charge in [0.15, 0.2) is 0 Å². The van der Waals surface area contributed by atoms with Crippen molar-refractivity contribution in [3.8, 4) is 21.0 Å². The zero-order valence-corrected chi connectivity index (χ0v) is 15.4. The lowest BCUT2D eigenvalue weighted by atomic mass is 10.1. The van der Waals surface area contributed by atoms with Gasteiger partial charge in [0.05, 0.1) is 4.88 Å². The maximum atomic E-state index is 10.9. The SMILES string of the molecule is CC(=O)OC1CN(Cc2ccc(-c3ncc(-c4ccccc4)s3)cc2)C1. The van der Waals surface area contributed by atoms with E-state index in [2.05, 4.69) is 46.3 Å². The van der Waals surface area contributed by atoms with E-state index in [1.165, 1.54) is 22.9 Å². The number of hydrogen-bond acceptors (Lipinski definition) is 5. The van der Waals surface area contributed by atoms with Crippen LogP contribution < -0.4 is 0 Å². The maximum absolute atomic E-state index is 10.9. The van der Waals surface area contributed by atoms with Gasteiger partial charge in [0.2, 0.25) is 0 Å². The third-order valence-electron chi connectivity index (χ3n) is 4.43. The Kier molecular flexibility index (Phi) is 4.82. The standard InChI is InChI=1S/C21H20N2O2S/c1-15(24)25-19-13-23(14-19)12-16-7-9-18(10-8-16)21-22-11-20(26-21)17-5-3-2-4-6-17/h2-11,19H,12-14H2,1H3. The first kappa shape index (κ1) is 16.9. The lowest BCUT2D eigenvalue weighted by Crippen LogP contribution is -2.51. The Labute approximate surface area is 157 Å². The van der Waals surface area contributed by atoms with Crippen LogP contribution in [0.3, 0.4) is 0 Å². The fourth-order valence-electron chi connectivity index (χ4n) is 3.12. The van der Waals surface area contributed by atoms with Gasteiger partial charge in [-0.1, -0.05) is 54.6 Å². The highest BCUT2D eigenvalue weighted by molar-refractivity contribution is 7.18. The van der Waals surface area contributed by atoms with E-state index in [1.54, 1.807) is 11.3 Å². The average Bonchev–Trinajstić information content (AvgIpc) is 3.11. The largest absolute Gasteiger partial charge is 0.460 e. The molecule has 0 aliphatic carbocycles. The summed E-state index contributed by atoms with van der Waals surface area (Å²) in [5.41, 5.74) is 3.60.